The minimum atomic E-state index is 0.534. The third-order valence-electron chi connectivity index (χ3n) is 3.57. The van der Waals surface area contributed by atoms with Gasteiger partial charge in [0.1, 0.15) is 5.01 Å². The monoisotopic (exact) mass is 307 g/mol. The Labute approximate surface area is 128 Å². The molecular weight excluding hydrogens is 286 g/mol. The van der Waals surface area contributed by atoms with Gasteiger partial charge in [0.2, 0.25) is 0 Å². The molecule has 0 atom stereocenters. The van der Waals surface area contributed by atoms with Gasteiger partial charge in [0.25, 0.3) is 0 Å². The van der Waals surface area contributed by atoms with E-state index in [1.807, 2.05) is 11.3 Å². The lowest BCUT2D eigenvalue weighted by atomic mass is 9.99. The summed E-state index contributed by atoms with van der Waals surface area (Å²) < 4.78 is 0. The van der Waals surface area contributed by atoms with Crippen LogP contribution >= 0.6 is 22.7 Å². The van der Waals surface area contributed by atoms with Gasteiger partial charge in [-0.25, -0.2) is 0 Å². The van der Waals surface area contributed by atoms with E-state index in [4.69, 9.17) is 0 Å². The lowest BCUT2D eigenvalue weighted by molar-refractivity contribution is 0.588. The van der Waals surface area contributed by atoms with Gasteiger partial charge in [-0.05, 0) is 37.3 Å². The highest BCUT2D eigenvalue weighted by Crippen LogP contribution is 2.36. The van der Waals surface area contributed by atoms with Crippen molar-refractivity contribution in [3.63, 3.8) is 0 Å². The first-order chi connectivity index (χ1) is 9.72. The van der Waals surface area contributed by atoms with Gasteiger partial charge in [0.15, 0.2) is 5.01 Å². The first-order valence-corrected chi connectivity index (χ1v) is 9.03. The van der Waals surface area contributed by atoms with Crippen molar-refractivity contribution in [3.8, 4) is 9.88 Å². The van der Waals surface area contributed by atoms with E-state index in [0.29, 0.717) is 6.04 Å². The van der Waals surface area contributed by atoms with E-state index < -0.39 is 0 Å². The highest BCUT2D eigenvalue weighted by molar-refractivity contribution is 7.21. The molecule has 0 fully saturated rings. The smallest absolute Gasteiger partial charge is 0.157 e. The van der Waals surface area contributed by atoms with E-state index >= 15 is 0 Å². The van der Waals surface area contributed by atoms with Crippen LogP contribution in [0.1, 0.15) is 42.1 Å². The molecular formula is C15H21N3S2. The van der Waals surface area contributed by atoms with Crippen molar-refractivity contribution < 1.29 is 0 Å². The summed E-state index contributed by atoms with van der Waals surface area (Å²) in [5.41, 5.74) is 1.55. The quantitative estimate of drug-likeness (QED) is 0.915. The summed E-state index contributed by atoms with van der Waals surface area (Å²) in [5, 5.41) is 14.4. The fraction of sp³-hybridized carbons (Fsp3) is 0.600. The Hall–Kier alpha value is -0.780. The molecule has 0 aliphatic heterocycles. The van der Waals surface area contributed by atoms with Gasteiger partial charge in [-0.2, -0.15) is 0 Å². The second kappa shape index (κ2) is 6.33. The first-order valence-electron chi connectivity index (χ1n) is 7.40. The first kappa shape index (κ1) is 14.2. The van der Waals surface area contributed by atoms with Crippen molar-refractivity contribution in [3.05, 3.63) is 21.5 Å². The summed E-state index contributed by atoms with van der Waals surface area (Å²) >= 11 is 3.67. The van der Waals surface area contributed by atoms with Crippen molar-refractivity contribution >= 4 is 22.7 Å². The molecule has 1 aliphatic rings. The number of aryl methyl sites for hydroxylation is 2. The highest BCUT2D eigenvalue weighted by atomic mass is 32.1. The number of nitrogens with one attached hydrogen (secondary N) is 1. The van der Waals surface area contributed by atoms with Gasteiger partial charge in [-0.3, -0.25) is 0 Å². The molecule has 1 aliphatic carbocycles. The maximum atomic E-state index is 4.38. The minimum Gasteiger partial charge on any atom is -0.314 e. The molecule has 0 unspecified atom stereocenters. The Morgan fingerprint density at radius 2 is 2.05 bits per heavy atom. The minimum absolute atomic E-state index is 0.534. The number of rotatable bonds is 5. The standard InChI is InChI=1S/C15H21N3S2/c1-10(2)16-8-7-14-17-18-15(20-14)13-9-11-5-3-4-6-12(11)19-13/h9-10,16H,3-8H2,1-2H3. The molecule has 2 aromatic rings. The second-order valence-electron chi connectivity index (χ2n) is 5.63. The summed E-state index contributed by atoms with van der Waals surface area (Å²) in [6, 6.07) is 2.88. The van der Waals surface area contributed by atoms with Crippen LogP contribution in [0.4, 0.5) is 0 Å². The molecule has 20 heavy (non-hydrogen) atoms. The molecule has 0 saturated heterocycles. The van der Waals surface area contributed by atoms with Crippen molar-refractivity contribution in [2.24, 2.45) is 0 Å². The SMILES string of the molecule is CC(C)NCCc1nnc(-c2cc3c(s2)CCCC3)s1. The molecule has 0 saturated carbocycles. The van der Waals surface area contributed by atoms with E-state index in [1.165, 1.54) is 30.6 Å². The largest absolute Gasteiger partial charge is 0.314 e. The maximum Gasteiger partial charge on any atom is 0.157 e. The van der Waals surface area contributed by atoms with E-state index in [9.17, 15) is 0 Å². The Kier molecular flexibility index (Phi) is 4.48. The van der Waals surface area contributed by atoms with Crippen LogP contribution in [0.3, 0.4) is 0 Å². The third kappa shape index (κ3) is 3.27. The van der Waals surface area contributed by atoms with Crippen molar-refractivity contribution in [2.45, 2.75) is 52.0 Å². The molecule has 2 aromatic heterocycles. The number of fused-ring (bicyclic) bond motifs is 1. The normalized spacial score (nSPS) is 14.8. The Morgan fingerprint density at radius 1 is 1.20 bits per heavy atom. The highest BCUT2D eigenvalue weighted by Gasteiger charge is 2.16. The zero-order valence-electron chi connectivity index (χ0n) is 12.1. The molecule has 5 heteroatoms. The lowest BCUT2D eigenvalue weighted by Crippen LogP contribution is -2.24. The van der Waals surface area contributed by atoms with Gasteiger partial charge in [-0.1, -0.05) is 25.2 Å². The predicted octanol–water partition coefficient (Wildman–Crippen LogP) is 3.69. The van der Waals surface area contributed by atoms with Crippen molar-refractivity contribution in [1.29, 1.82) is 0 Å². The van der Waals surface area contributed by atoms with Crippen LogP contribution in [0.15, 0.2) is 6.07 Å². The van der Waals surface area contributed by atoms with Gasteiger partial charge < -0.3 is 5.32 Å². The summed E-state index contributed by atoms with van der Waals surface area (Å²) in [6.07, 6.45) is 6.15. The Morgan fingerprint density at radius 3 is 2.85 bits per heavy atom. The van der Waals surface area contributed by atoms with Crippen molar-refractivity contribution in [2.75, 3.05) is 6.54 Å². The van der Waals surface area contributed by atoms with Crippen LogP contribution in [0.5, 0.6) is 0 Å². The van der Waals surface area contributed by atoms with Crippen LogP contribution in [0, 0.1) is 0 Å². The maximum absolute atomic E-state index is 4.38. The van der Waals surface area contributed by atoms with Crippen LogP contribution in [-0.2, 0) is 19.3 Å². The fourth-order valence-corrected chi connectivity index (χ4v) is 4.65. The van der Waals surface area contributed by atoms with E-state index in [0.717, 1.165) is 23.0 Å². The summed E-state index contributed by atoms with van der Waals surface area (Å²) in [5.74, 6) is 0. The molecule has 2 heterocycles. The molecule has 0 spiro atoms. The van der Waals surface area contributed by atoms with Crippen LogP contribution in [0.2, 0.25) is 0 Å². The average molecular weight is 307 g/mol. The average Bonchev–Trinajstić information content (AvgIpc) is 3.03. The number of hydrogen-bond donors (Lipinski definition) is 1. The third-order valence-corrected chi connectivity index (χ3v) is 5.96. The Balaban J connectivity index is 1.68. The van der Waals surface area contributed by atoms with E-state index in [2.05, 4.69) is 35.4 Å². The van der Waals surface area contributed by atoms with Crippen molar-refractivity contribution in [1.82, 2.24) is 15.5 Å². The second-order valence-corrected chi connectivity index (χ2v) is 7.82. The molecule has 0 aromatic carbocycles. The molecule has 0 amide bonds. The van der Waals surface area contributed by atoms with E-state index in [1.54, 1.807) is 21.8 Å². The number of aromatic nitrogens is 2. The lowest BCUT2D eigenvalue weighted by Gasteiger charge is -2.08. The zero-order chi connectivity index (χ0) is 13.9. The van der Waals surface area contributed by atoms with Crippen LogP contribution in [-0.4, -0.2) is 22.8 Å². The molecule has 1 N–H and O–H groups in total. The van der Waals surface area contributed by atoms with E-state index in [-0.39, 0.29) is 0 Å². The molecule has 3 rings (SSSR count). The topological polar surface area (TPSA) is 37.8 Å². The number of nitrogens with zero attached hydrogens (tertiary/aromatic N) is 2. The Bertz CT molecular complexity index is 548. The summed E-state index contributed by atoms with van der Waals surface area (Å²) in [4.78, 5) is 2.89. The van der Waals surface area contributed by atoms with Gasteiger partial charge in [0, 0.05) is 23.9 Å². The van der Waals surface area contributed by atoms with Gasteiger partial charge >= 0.3 is 0 Å². The van der Waals surface area contributed by atoms with Gasteiger partial charge in [0.05, 0.1) is 4.88 Å². The zero-order valence-corrected chi connectivity index (χ0v) is 13.7. The number of thiophene rings is 1. The molecule has 0 radical (unpaired) electrons. The van der Waals surface area contributed by atoms with Crippen LogP contribution < -0.4 is 5.32 Å². The molecule has 0 bridgehead atoms. The number of hydrogen-bond acceptors (Lipinski definition) is 5. The molecule has 3 nitrogen and oxygen atoms in total. The van der Waals surface area contributed by atoms with Gasteiger partial charge in [-0.15, -0.1) is 21.5 Å². The van der Waals surface area contributed by atoms with Crippen LogP contribution in [0.25, 0.3) is 9.88 Å². The predicted molar refractivity (Wildman–Crippen MR) is 86.7 cm³/mol. The fourth-order valence-electron chi connectivity index (χ4n) is 2.52. The molecule has 108 valence electrons. The summed E-state index contributed by atoms with van der Waals surface area (Å²) in [7, 11) is 0. The summed E-state index contributed by atoms with van der Waals surface area (Å²) in [6.45, 7) is 5.32.